The van der Waals surface area contributed by atoms with Crippen molar-refractivity contribution in [3.05, 3.63) is 78.2 Å². The van der Waals surface area contributed by atoms with Crippen molar-refractivity contribution < 1.29 is 23.4 Å². The number of nitrogens with one attached hydrogen (secondary N) is 1. The SMILES string of the molecule is COc1cc(OC)c(OC)cc1CNC(=O)c1cc(-c2ccco2)nn1-c1ccccc1. The Hall–Kier alpha value is -4.20. The van der Waals surface area contributed by atoms with Crippen LogP contribution in [0.3, 0.4) is 0 Å². The molecule has 32 heavy (non-hydrogen) atoms. The fourth-order valence-electron chi connectivity index (χ4n) is 3.35. The Morgan fingerprint density at radius 1 is 0.938 bits per heavy atom. The second-order valence-corrected chi connectivity index (χ2v) is 6.84. The smallest absolute Gasteiger partial charge is 0.270 e. The van der Waals surface area contributed by atoms with Crippen molar-refractivity contribution in [1.82, 2.24) is 15.1 Å². The van der Waals surface area contributed by atoms with E-state index in [2.05, 4.69) is 10.4 Å². The second-order valence-electron chi connectivity index (χ2n) is 6.84. The number of furan rings is 1. The number of para-hydroxylation sites is 1. The number of ether oxygens (including phenoxy) is 3. The van der Waals surface area contributed by atoms with Gasteiger partial charge in [0.2, 0.25) is 0 Å². The van der Waals surface area contributed by atoms with Gasteiger partial charge in [0.15, 0.2) is 17.3 Å². The Bertz CT molecular complexity index is 1200. The number of nitrogens with zero attached hydrogens (tertiary/aromatic N) is 2. The quantitative estimate of drug-likeness (QED) is 0.450. The average Bonchev–Trinajstić information content (AvgIpc) is 3.52. The largest absolute Gasteiger partial charge is 0.496 e. The number of methoxy groups -OCH3 is 3. The van der Waals surface area contributed by atoms with Gasteiger partial charge in [-0.2, -0.15) is 5.10 Å². The summed E-state index contributed by atoms with van der Waals surface area (Å²) in [6.07, 6.45) is 1.57. The summed E-state index contributed by atoms with van der Waals surface area (Å²) >= 11 is 0. The lowest BCUT2D eigenvalue weighted by molar-refractivity contribution is 0.0943. The third kappa shape index (κ3) is 4.15. The molecule has 8 nitrogen and oxygen atoms in total. The first-order chi connectivity index (χ1) is 15.6. The molecular formula is C24H23N3O5. The predicted octanol–water partition coefficient (Wildman–Crippen LogP) is 4.09. The third-order valence-electron chi connectivity index (χ3n) is 4.94. The Balaban J connectivity index is 1.64. The summed E-state index contributed by atoms with van der Waals surface area (Å²) in [7, 11) is 4.67. The summed E-state index contributed by atoms with van der Waals surface area (Å²) in [5, 5.41) is 7.52. The lowest BCUT2D eigenvalue weighted by Gasteiger charge is -2.15. The number of rotatable bonds is 8. The molecule has 2 aromatic carbocycles. The fraction of sp³-hybridized carbons (Fsp3) is 0.167. The summed E-state index contributed by atoms with van der Waals surface area (Å²) in [6, 6.07) is 18.2. The van der Waals surface area contributed by atoms with E-state index in [-0.39, 0.29) is 12.5 Å². The van der Waals surface area contributed by atoms with E-state index < -0.39 is 0 Å². The average molecular weight is 433 g/mol. The fourth-order valence-corrected chi connectivity index (χ4v) is 3.35. The summed E-state index contributed by atoms with van der Waals surface area (Å²) < 4.78 is 23.2. The van der Waals surface area contributed by atoms with E-state index in [0.717, 1.165) is 11.3 Å². The van der Waals surface area contributed by atoms with Crippen LogP contribution in [0.1, 0.15) is 16.1 Å². The lowest BCUT2D eigenvalue weighted by atomic mass is 10.1. The summed E-state index contributed by atoms with van der Waals surface area (Å²) in [4.78, 5) is 13.2. The maximum atomic E-state index is 13.2. The highest BCUT2D eigenvalue weighted by Gasteiger charge is 2.20. The molecule has 0 saturated carbocycles. The number of hydrogen-bond acceptors (Lipinski definition) is 6. The molecule has 8 heteroatoms. The Labute approximate surface area is 185 Å². The lowest BCUT2D eigenvalue weighted by Crippen LogP contribution is -2.25. The Morgan fingerprint density at radius 2 is 1.66 bits per heavy atom. The molecular weight excluding hydrogens is 410 g/mol. The second kappa shape index (κ2) is 9.30. The molecule has 0 spiro atoms. The van der Waals surface area contributed by atoms with E-state index in [9.17, 15) is 4.79 Å². The molecule has 164 valence electrons. The van der Waals surface area contributed by atoms with Gasteiger partial charge in [-0.25, -0.2) is 4.68 Å². The van der Waals surface area contributed by atoms with E-state index >= 15 is 0 Å². The number of carbonyl (C=O) groups excluding carboxylic acids is 1. The number of aromatic nitrogens is 2. The molecule has 0 aliphatic heterocycles. The molecule has 1 N–H and O–H groups in total. The van der Waals surface area contributed by atoms with Crippen LogP contribution in [0.2, 0.25) is 0 Å². The molecule has 2 heterocycles. The molecule has 0 radical (unpaired) electrons. The van der Waals surface area contributed by atoms with E-state index in [1.165, 1.54) is 0 Å². The predicted molar refractivity (Wildman–Crippen MR) is 119 cm³/mol. The van der Waals surface area contributed by atoms with Gasteiger partial charge in [0, 0.05) is 24.2 Å². The van der Waals surface area contributed by atoms with Crippen LogP contribution in [0.4, 0.5) is 0 Å². The first kappa shape index (κ1) is 21.0. The van der Waals surface area contributed by atoms with Crippen molar-refractivity contribution in [2.24, 2.45) is 0 Å². The summed E-state index contributed by atoms with van der Waals surface area (Å²) in [5.74, 6) is 1.96. The zero-order valence-corrected chi connectivity index (χ0v) is 18.0. The van der Waals surface area contributed by atoms with Crippen LogP contribution in [-0.2, 0) is 6.54 Å². The van der Waals surface area contributed by atoms with Gasteiger partial charge in [0.05, 0.1) is 33.3 Å². The number of carbonyl (C=O) groups is 1. The molecule has 0 aliphatic carbocycles. The van der Waals surface area contributed by atoms with E-state index in [1.807, 2.05) is 30.3 Å². The number of benzene rings is 2. The van der Waals surface area contributed by atoms with Gasteiger partial charge in [0.25, 0.3) is 5.91 Å². The minimum Gasteiger partial charge on any atom is -0.496 e. The van der Waals surface area contributed by atoms with Crippen LogP contribution < -0.4 is 19.5 Å². The van der Waals surface area contributed by atoms with Crippen LogP contribution in [0.5, 0.6) is 17.2 Å². The molecule has 1 amide bonds. The van der Waals surface area contributed by atoms with Gasteiger partial charge in [-0.1, -0.05) is 18.2 Å². The third-order valence-corrected chi connectivity index (χ3v) is 4.94. The maximum Gasteiger partial charge on any atom is 0.270 e. The Morgan fingerprint density at radius 3 is 2.31 bits per heavy atom. The molecule has 0 unspecified atom stereocenters. The summed E-state index contributed by atoms with van der Waals surface area (Å²) in [5.41, 5.74) is 2.45. The number of hydrogen-bond donors (Lipinski definition) is 1. The van der Waals surface area contributed by atoms with Crippen molar-refractivity contribution in [2.45, 2.75) is 6.54 Å². The maximum absolute atomic E-state index is 13.2. The van der Waals surface area contributed by atoms with E-state index in [4.69, 9.17) is 18.6 Å². The van der Waals surface area contributed by atoms with Gasteiger partial charge < -0.3 is 23.9 Å². The normalized spacial score (nSPS) is 10.6. The molecule has 4 rings (SSSR count). The van der Waals surface area contributed by atoms with E-state index in [1.54, 1.807) is 62.6 Å². The van der Waals surface area contributed by atoms with Crippen molar-refractivity contribution in [3.63, 3.8) is 0 Å². The van der Waals surface area contributed by atoms with E-state index in [0.29, 0.717) is 34.4 Å². The highest BCUT2D eigenvalue weighted by molar-refractivity contribution is 5.94. The standard InChI is InChI=1S/C24H23N3O5/c1-29-21-14-23(31-3)22(30-2)12-16(21)15-25-24(28)19-13-18(20-10-7-11-32-20)26-27(19)17-8-5-4-6-9-17/h4-14H,15H2,1-3H3,(H,25,28). The first-order valence-electron chi connectivity index (χ1n) is 9.91. The monoisotopic (exact) mass is 433 g/mol. The van der Waals surface area contributed by atoms with Crippen molar-refractivity contribution in [1.29, 1.82) is 0 Å². The molecule has 0 aliphatic rings. The van der Waals surface area contributed by atoms with Gasteiger partial charge in [-0.05, 0) is 30.3 Å². The van der Waals surface area contributed by atoms with Gasteiger partial charge in [-0.3, -0.25) is 4.79 Å². The van der Waals surface area contributed by atoms with Crippen LogP contribution in [0.25, 0.3) is 17.1 Å². The van der Waals surface area contributed by atoms with Crippen molar-refractivity contribution in [3.8, 4) is 34.4 Å². The van der Waals surface area contributed by atoms with Crippen molar-refractivity contribution in [2.75, 3.05) is 21.3 Å². The van der Waals surface area contributed by atoms with Crippen LogP contribution in [0, 0.1) is 0 Å². The van der Waals surface area contributed by atoms with Gasteiger partial charge in [-0.15, -0.1) is 0 Å². The Kier molecular flexibility index (Phi) is 6.12. The van der Waals surface area contributed by atoms with Gasteiger partial charge in [0.1, 0.15) is 17.1 Å². The minimum atomic E-state index is -0.295. The molecule has 4 aromatic rings. The molecule has 0 bridgehead atoms. The highest BCUT2D eigenvalue weighted by atomic mass is 16.5. The number of amides is 1. The van der Waals surface area contributed by atoms with Crippen LogP contribution >= 0.6 is 0 Å². The summed E-state index contributed by atoms with van der Waals surface area (Å²) in [6.45, 7) is 0.221. The van der Waals surface area contributed by atoms with Crippen molar-refractivity contribution >= 4 is 5.91 Å². The highest BCUT2D eigenvalue weighted by Crippen LogP contribution is 2.34. The van der Waals surface area contributed by atoms with Crippen LogP contribution in [-0.4, -0.2) is 37.0 Å². The zero-order valence-electron chi connectivity index (χ0n) is 18.0. The molecule has 0 fully saturated rings. The van der Waals surface area contributed by atoms with Crippen LogP contribution in [0.15, 0.2) is 71.3 Å². The molecule has 2 aromatic heterocycles. The first-order valence-corrected chi connectivity index (χ1v) is 9.91. The zero-order chi connectivity index (χ0) is 22.5. The topological polar surface area (TPSA) is 87.8 Å². The molecule has 0 atom stereocenters. The van der Waals surface area contributed by atoms with Gasteiger partial charge >= 0.3 is 0 Å². The minimum absolute atomic E-state index is 0.221. The molecule has 0 saturated heterocycles.